The van der Waals surface area contributed by atoms with Crippen LogP contribution in [0.1, 0.15) is 4.88 Å². The molecule has 0 saturated heterocycles. The Bertz CT molecular complexity index is 1430. The fourth-order valence-electron chi connectivity index (χ4n) is 3.50. The number of nitrogens with one attached hydrogen (secondary N) is 2. The Hall–Kier alpha value is -3.43. The molecular weight excluding hydrogens is 442 g/mol. The van der Waals surface area contributed by atoms with Crippen molar-refractivity contribution in [3.63, 3.8) is 0 Å². The van der Waals surface area contributed by atoms with E-state index in [9.17, 15) is 9.59 Å². The fourth-order valence-corrected chi connectivity index (χ4v) is 5.02. The minimum Gasteiger partial charge on any atom is -0.337 e. The zero-order valence-corrected chi connectivity index (χ0v) is 18.6. The molecule has 2 aromatic carbocycles. The molecular formula is C23H19N5O2S2. The summed E-state index contributed by atoms with van der Waals surface area (Å²) in [6.07, 6.45) is 0.737. The van der Waals surface area contributed by atoms with Crippen LogP contribution in [0.2, 0.25) is 0 Å². The maximum Gasteiger partial charge on any atom is 0.321 e. The number of amides is 3. The third-order valence-corrected chi connectivity index (χ3v) is 6.81. The van der Waals surface area contributed by atoms with Crippen molar-refractivity contribution in [2.45, 2.75) is 11.6 Å². The SMILES string of the molecule is O=C(CSc1nc2ccccc2c2nc3ccccc3n12)NC(=O)NCCc1cccs1. The fraction of sp³-hybridized carbons (Fsp3) is 0.130. The van der Waals surface area contributed by atoms with Crippen LogP contribution >= 0.6 is 23.1 Å². The molecule has 32 heavy (non-hydrogen) atoms. The molecule has 0 aliphatic rings. The first-order valence-electron chi connectivity index (χ1n) is 10.1. The van der Waals surface area contributed by atoms with Crippen molar-refractivity contribution in [3.05, 3.63) is 70.9 Å². The molecule has 3 aromatic heterocycles. The Morgan fingerprint density at radius 3 is 2.62 bits per heavy atom. The number of urea groups is 1. The average molecular weight is 462 g/mol. The summed E-state index contributed by atoms with van der Waals surface area (Å²) >= 11 is 2.92. The van der Waals surface area contributed by atoms with E-state index in [1.807, 2.05) is 70.4 Å². The molecule has 0 aliphatic heterocycles. The second-order valence-corrected chi connectivity index (χ2v) is 9.07. The quantitative estimate of drug-likeness (QED) is 0.291. The van der Waals surface area contributed by atoms with E-state index in [2.05, 4.69) is 10.6 Å². The molecule has 2 N–H and O–H groups in total. The third-order valence-electron chi connectivity index (χ3n) is 4.94. The molecule has 9 heteroatoms. The van der Waals surface area contributed by atoms with E-state index in [0.717, 1.165) is 34.0 Å². The Labute approximate surface area is 191 Å². The number of benzene rings is 2. The highest BCUT2D eigenvalue weighted by Gasteiger charge is 2.16. The topological polar surface area (TPSA) is 88.4 Å². The van der Waals surface area contributed by atoms with Gasteiger partial charge in [0.1, 0.15) is 5.65 Å². The predicted octanol–water partition coefficient (Wildman–Crippen LogP) is 4.26. The van der Waals surface area contributed by atoms with Gasteiger partial charge in [0, 0.05) is 16.8 Å². The van der Waals surface area contributed by atoms with Gasteiger partial charge in [-0.15, -0.1) is 11.3 Å². The molecule has 0 atom stereocenters. The molecule has 0 unspecified atom stereocenters. The van der Waals surface area contributed by atoms with Crippen molar-refractivity contribution in [2.24, 2.45) is 0 Å². The Kier molecular flexibility index (Phi) is 5.74. The second-order valence-electron chi connectivity index (χ2n) is 7.09. The maximum absolute atomic E-state index is 12.4. The van der Waals surface area contributed by atoms with Gasteiger partial charge in [0.2, 0.25) is 5.91 Å². The summed E-state index contributed by atoms with van der Waals surface area (Å²) in [4.78, 5) is 35.1. The monoisotopic (exact) mass is 461 g/mol. The summed E-state index contributed by atoms with van der Waals surface area (Å²) in [6, 6.07) is 19.1. The number of imide groups is 1. The van der Waals surface area contributed by atoms with Gasteiger partial charge in [0.05, 0.1) is 22.3 Å². The first-order valence-corrected chi connectivity index (χ1v) is 11.9. The standard InChI is InChI=1S/C23H19N5O2S2/c29-20(27-22(30)24-12-11-15-6-5-13-31-15)14-32-23-26-17-8-2-1-7-16(17)21-25-18-9-3-4-10-19(18)28(21)23/h1-10,13H,11-12,14H2,(H2,24,27,29,30). The number of thioether (sulfide) groups is 1. The summed E-state index contributed by atoms with van der Waals surface area (Å²) in [5.74, 6) is -0.318. The van der Waals surface area contributed by atoms with Crippen molar-refractivity contribution >= 4 is 62.6 Å². The number of thiophene rings is 1. The smallest absolute Gasteiger partial charge is 0.321 e. The lowest BCUT2D eigenvalue weighted by Gasteiger charge is -2.09. The van der Waals surface area contributed by atoms with Gasteiger partial charge in [0.25, 0.3) is 0 Å². The van der Waals surface area contributed by atoms with Gasteiger partial charge >= 0.3 is 6.03 Å². The van der Waals surface area contributed by atoms with E-state index >= 15 is 0 Å². The summed E-state index contributed by atoms with van der Waals surface area (Å²) in [6.45, 7) is 0.473. The number of carbonyl (C=O) groups excluding carboxylic acids is 2. The van der Waals surface area contributed by atoms with E-state index < -0.39 is 6.03 Å². The van der Waals surface area contributed by atoms with Gasteiger partial charge in [-0.05, 0) is 42.1 Å². The molecule has 7 nitrogen and oxygen atoms in total. The van der Waals surface area contributed by atoms with E-state index in [4.69, 9.17) is 9.97 Å². The molecule has 160 valence electrons. The van der Waals surface area contributed by atoms with Crippen LogP contribution in [0.25, 0.3) is 27.6 Å². The van der Waals surface area contributed by atoms with Gasteiger partial charge in [0.15, 0.2) is 5.16 Å². The first kappa shape index (κ1) is 20.5. The van der Waals surface area contributed by atoms with Crippen molar-refractivity contribution < 1.29 is 9.59 Å². The van der Waals surface area contributed by atoms with Crippen LogP contribution in [0.5, 0.6) is 0 Å². The molecule has 0 spiro atoms. The lowest BCUT2D eigenvalue weighted by atomic mass is 10.2. The van der Waals surface area contributed by atoms with Gasteiger partial charge < -0.3 is 5.32 Å². The highest BCUT2D eigenvalue weighted by atomic mass is 32.2. The number of carbonyl (C=O) groups is 2. The minimum atomic E-state index is -0.489. The lowest BCUT2D eigenvalue weighted by molar-refractivity contribution is -0.117. The summed E-state index contributed by atoms with van der Waals surface area (Å²) in [5.41, 5.74) is 3.40. The Morgan fingerprint density at radius 1 is 0.969 bits per heavy atom. The third kappa shape index (κ3) is 4.17. The molecule has 3 heterocycles. The van der Waals surface area contributed by atoms with Crippen molar-refractivity contribution in [2.75, 3.05) is 12.3 Å². The van der Waals surface area contributed by atoms with Gasteiger partial charge in [-0.1, -0.05) is 42.1 Å². The highest BCUT2D eigenvalue weighted by Crippen LogP contribution is 2.28. The zero-order chi connectivity index (χ0) is 21.9. The highest BCUT2D eigenvalue weighted by molar-refractivity contribution is 7.99. The van der Waals surface area contributed by atoms with Gasteiger partial charge in [-0.3, -0.25) is 14.5 Å². The molecule has 0 saturated carbocycles. The number of hydrogen-bond acceptors (Lipinski definition) is 6. The molecule has 0 fully saturated rings. The number of rotatable bonds is 6. The lowest BCUT2D eigenvalue weighted by Crippen LogP contribution is -2.41. The van der Waals surface area contributed by atoms with Gasteiger partial charge in [-0.25, -0.2) is 14.8 Å². The molecule has 0 aliphatic carbocycles. The van der Waals surface area contributed by atoms with E-state index in [1.54, 1.807) is 11.3 Å². The van der Waals surface area contributed by atoms with Crippen molar-refractivity contribution in [1.29, 1.82) is 0 Å². The molecule has 0 bridgehead atoms. The normalized spacial score (nSPS) is 11.2. The Morgan fingerprint density at radius 2 is 1.78 bits per heavy atom. The molecule has 0 radical (unpaired) electrons. The molecule has 5 aromatic rings. The van der Waals surface area contributed by atoms with Crippen molar-refractivity contribution in [3.8, 4) is 0 Å². The summed E-state index contributed by atoms with van der Waals surface area (Å²) in [5, 5.41) is 8.70. The molecule has 5 rings (SSSR count). The van der Waals surface area contributed by atoms with Crippen LogP contribution in [-0.2, 0) is 11.2 Å². The molecule has 3 amide bonds. The number of para-hydroxylation sites is 3. The number of aromatic nitrogens is 3. The van der Waals surface area contributed by atoms with E-state index in [1.165, 1.54) is 16.6 Å². The van der Waals surface area contributed by atoms with Gasteiger partial charge in [-0.2, -0.15) is 0 Å². The van der Waals surface area contributed by atoms with Crippen LogP contribution in [-0.4, -0.2) is 38.6 Å². The zero-order valence-electron chi connectivity index (χ0n) is 16.9. The summed E-state index contributed by atoms with van der Waals surface area (Å²) in [7, 11) is 0. The number of nitrogens with zero attached hydrogens (tertiary/aromatic N) is 3. The first-order chi connectivity index (χ1) is 15.7. The average Bonchev–Trinajstić information content (AvgIpc) is 3.45. The van der Waals surface area contributed by atoms with Crippen LogP contribution in [0, 0.1) is 0 Å². The maximum atomic E-state index is 12.4. The van der Waals surface area contributed by atoms with Crippen LogP contribution in [0.4, 0.5) is 4.79 Å². The van der Waals surface area contributed by atoms with E-state index in [0.29, 0.717) is 11.7 Å². The second kappa shape index (κ2) is 8.97. The number of fused-ring (bicyclic) bond motifs is 5. The summed E-state index contributed by atoms with van der Waals surface area (Å²) < 4.78 is 1.97. The minimum absolute atomic E-state index is 0.0608. The van der Waals surface area contributed by atoms with E-state index in [-0.39, 0.29) is 11.7 Å². The van der Waals surface area contributed by atoms with Crippen LogP contribution < -0.4 is 10.6 Å². The van der Waals surface area contributed by atoms with Crippen LogP contribution in [0.15, 0.2) is 71.2 Å². The number of imidazole rings is 1. The Balaban J connectivity index is 1.31. The van der Waals surface area contributed by atoms with Crippen molar-refractivity contribution in [1.82, 2.24) is 25.0 Å². The number of hydrogen-bond donors (Lipinski definition) is 2. The predicted molar refractivity (Wildman–Crippen MR) is 128 cm³/mol. The largest absolute Gasteiger partial charge is 0.337 e. The van der Waals surface area contributed by atoms with Crippen LogP contribution in [0.3, 0.4) is 0 Å².